The lowest BCUT2D eigenvalue weighted by Gasteiger charge is -2.15. The largest absolute Gasteiger partial charge is 0.481 e. The Balaban J connectivity index is 2.10. The predicted molar refractivity (Wildman–Crippen MR) is 69.3 cm³/mol. The monoisotopic (exact) mass is 267 g/mol. The van der Waals surface area contributed by atoms with Gasteiger partial charge in [0, 0.05) is 24.6 Å². The van der Waals surface area contributed by atoms with Gasteiger partial charge >= 0.3 is 5.69 Å². The van der Waals surface area contributed by atoms with Crippen LogP contribution in [0.15, 0.2) is 12.1 Å². The summed E-state index contributed by atoms with van der Waals surface area (Å²) in [4.78, 5) is 14.5. The fourth-order valence-electron chi connectivity index (χ4n) is 2.31. The number of pyridine rings is 1. The van der Waals surface area contributed by atoms with Crippen LogP contribution in [0.4, 0.5) is 11.5 Å². The summed E-state index contributed by atoms with van der Waals surface area (Å²) in [5.41, 5.74) is -0.0895. The number of aromatic nitrogens is 1. The van der Waals surface area contributed by atoms with E-state index < -0.39 is 4.92 Å². The summed E-state index contributed by atoms with van der Waals surface area (Å²) < 4.78 is 4.96. The van der Waals surface area contributed by atoms with E-state index >= 15 is 0 Å². The van der Waals surface area contributed by atoms with Crippen molar-refractivity contribution in [3.05, 3.63) is 22.2 Å². The molecule has 1 aromatic heterocycles. The predicted octanol–water partition coefficient (Wildman–Crippen LogP) is 1.57. The normalized spacial score (nSPS) is 22.2. The molecular weight excluding hydrogens is 250 g/mol. The average molecular weight is 267 g/mol. The molecule has 19 heavy (non-hydrogen) atoms. The highest BCUT2D eigenvalue weighted by Gasteiger charge is 2.26. The number of ether oxygens (including phenoxy) is 1. The fraction of sp³-hybridized carbons (Fsp3) is 0.583. The summed E-state index contributed by atoms with van der Waals surface area (Å²) in [5, 5.41) is 23.6. The van der Waals surface area contributed by atoms with Crippen molar-refractivity contribution in [3.63, 3.8) is 0 Å². The second-order valence-electron chi connectivity index (χ2n) is 4.62. The summed E-state index contributed by atoms with van der Waals surface area (Å²) in [6.07, 6.45) is 2.37. The topological polar surface area (TPSA) is 97.5 Å². The third-order valence-electron chi connectivity index (χ3n) is 3.40. The molecular formula is C12H17N3O4. The molecule has 1 heterocycles. The Bertz CT molecular complexity index is 466. The van der Waals surface area contributed by atoms with Gasteiger partial charge in [-0.1, -0.05) is 6.42 Å². The van der Waals surface area contributed by atoms with Crippen LogP contribution >= 0.6 is 0 Å². The Hall–Kier alpha value is -1.89. The first kappa shape index (κ1) is 13.5. The Kier molecular flexibility index (Phi) is 4.16. The van der Waals surface area contributed by atoms with Crippen LogP contribution in [0.5, 0.6) is 5.88 Å². The van der Waals surface area contributed by atoms with E-state index in [9.17, 15) is 15.2 Å². The molecule has 0 spiro atoms. The van der Waals surface area contributed by atoms with Gasteiger partial charge in [0.1, 0.15) is 0 Å². The maximum absolute atomic E-state index is 10.9. The molecule has 0 radical (unpaired) electrons. The fourth-order valence-corrected chi connectivity index (χ4v) is 2.31. The molecule has 0 amide bonds. The highest BCUT2D eigenvalue weighted by molar-refractivity contribution is 5.57. The molecule has 0 aliphatic heterocycles. The van der Waals surface area contributed by atoms with Gasteiger partial charge in [0.25, 0.3) is 0 Å². The first-order valence-electron chi connectivity index (χ1n) is 6.23. The molecule has 1 aliphatic rings. The van der Waals surface area contributed by atoms with Crippen LogP contribution in [0.3, 0.4) is 0 Å². The van der Waals surface area contributed by atoms with E-state index in [1.807, 2.05) is 0 Å². The minimum absolute atomic E-state index is 0.0895. The standard InChI is InChI=1S/C12H17N3O4/c1-19-11-6-5-9(15(17)18)12(14-11)13-7-8-3-2-4-10(8)16/h5-6,8,10,16H,2-4,7H2,1H3,(H,13,14). The van der Waals surface area contributed by atoms with Crippen LogP contribution < -0.4 is 10.1 Å². The number of rotatable bonds is 5. The van der Waals surface area contributed by atoms with E-state index in [1.54, 1.807) is 0 Å². The molecule has 2 atom stereocenters. The van der Waals surface area contributed by atoms with Crippen molar-refractivity contribution in [2.75, 3.05) is 19.0 Å². The van der Waals surface area contributed by atoms with E-state index in [2.05, 4.69) is 10.3 Å². The molecule has 1 fully saturated rings. The van der Waals surface area contributed by atoms with Crippen molar-refractivity contribution in [3.8, 4) is 5.88 Å². The van der Waals surface area contributed by atoms with Gasteiger partial charge < -0.3 is 15.2 Å². The maximum Gasteiger partial charge on any atom is 0.311 e. The molecule has 0 bridgehead atoms. The molecule has 2 N–H and O–H groups in total. The highest BCUT2D eigenvalue weighted by Crippen LogP contribution is 2.28. The van der Waals surface area contributed by atoms with Crippen molar-refractivity contribution in [1.82, 2.24) is 4.98 Å². The average Bonchev–Trinajstić information content (AvgIpc) is 2.81. The van der Waals surface area contributed by atoms with Crippen LogP contribution in [0.2, 0.25) is 0 Å². The maximum atomic E-state index is 10.9. The second kappa shape index (κ2) is 5.83. The van der Waals surface area contributed by atoms with E-state index in [1.165, 1.54) is 19.2 Å². The lowest BCUT2D eigenvalue weighted by molar-refractivity contribution is -0.384. The Morgan fingerprint density at radius 3 is 2.95 bits per heavy atom. The molecule has 7 nitrogen and oxygen atoms in total. The number of anilines is 1. The van der Waals surface area contributed by atoms with Crippen molar-refractivity contribution >= 4 is 11.5 Å². The van der Waals surface area contributed by atoms with E-state index in [0.29, 0.717) is 12.4 Å². The van der Waals surface area contributed by atoms with Gasteiger partial charge in [0.05, 0.1) is 18.1 Å². The molecule has 1 aromatic rings. The number of aliphatic hydroxyl groups is 1. The quantitative estimate of drug-likeness (QED) is 0.620. The smallest absolute Gasteiger partial charge is 0.311 e. The highest BCUT2D eigenvalue weighted by atomic mass is 16.6. The first-order chi connectivity index (χ1) is 9.11. The van der Waals surface area contributed by atoms with Crippen molar-refractivity contribution < 1.29 is 14.8 Å². The summed E-state index contributed by atoms with van der Waals surface area (Å²) in [7, 11) is 1.46. The lowest BCUT2D eigenvalue weighted by atomic mass is 10.1. The number of nitrogens with one attached hydrogen (secondary N) is 1. The zero-order chi connectivity index (χ0) is 13.8. The van der Waals surface area contributed by atoms with Crippen molar-refractivity contribution in [1.29, 1.82) is 0 Å². The van der Waals surface area contributed by atoms with Crippen molar-refractivity contribution in [2.24, 2.45) is 5.92 Å². The molecule has 1 saturated carbocycles. The van der Waals surface area contributed by atoms with Crippen LogP contribution in [0.1, 0.15) is 19.3 Å². The molecule has 2 rings (SSSR count). The van der Waals surface area contributed by atoms with Gasteiger partial charge in [-0.2, -0.15) is 4.98 Å². The zero-order valence-corrected chi connectivity index (χ0v) is 10.7. The first-order valence-corrected chi connectivity index (χ1v) is 6.23. The van der Waals surface area contributed by atoms with E-state index in [-0.39, 0.29) is 23.5 Å². The molecule has 1 aliphatic carbocycles. The van der Waals surface area contributed by atoms with E-state index in [0.717, 1.165) is 19.3 Å². The van der Waals surface area contributed by atoms with Crippen LogP contribution in [-0.2, 0) is 0 Å². The van der Waals surface area contributed by atoms with Gasteiger partial charge in [-0.25, -0.2) is 0 Å². The van der Waals surface area contributed by atoms with Crippen LogP contribution in [-0.4, -0.2) is 34.8 Å². The van der Waals surface area contributed by atoms with Crippen LogP contribution in [0, 0.1) is 16.0 Å². The number of hydrogen-bond donors (Lipinski definition) is 2. The van der Waals surface area contributed by atoms with Gasteiger partial charge in [0.15, 0.2) is 0 Å². The van der Waals surface area contributed by atoms with Gasteiger partial charge in [-0.3, -0.25) is 10.1 Å². The number of nitro groups is 1. The Morgan fingerprint density at radius 1 is 1.58 bits per heavy atom. The Labute approximate surface area is 110 Å². The van der Waals surface area contributed by atoms with Crippen LogP contribution in [0.25, 0.3) is 0 Å². The third-order valence-corrected chi connectivity index (χ3v) is 3.40. The Morgan fingerprint density at radius 2 is 2.37 bits per heavy atom. The molecule has 7 heteroatoms. The van der Waals surface area contributed by atoms with Gasteiger partial charge in [-0.05, 0) is 12.8 Å². The summed E-state index contributed by atoms with van der Waals surface area (Å²) in [6, 6.07) is 2.81. The number of methoxy groups -OCH3 is 1. The SMILES string of the molecule is COc1ccc([N+](=O)[O-])c(NCC2CCCC2O)n1. The molecule has 104 valence electrons. The zero-order valence-electron chi connectivity index (χ0n) is 10.7. The van der Waals surface area contributed by atoms with Crippen molar-refractivity contribution in [2.45, 2.75) is 25.4 Å². The molecule has 0 aromatic carbocycles. The van der Waals surface area contributed by atoms with E-state index in [4.69, 9.17) is 4.74 Å². The molecule has 0 saturated heterocycles. The minimum atomic E-state index is -0.486. The summed E-state index contributed by atoms with van der Waals surface area (Å²) in [6.45, 7) is 0.474. The van der Waals surface area contributed by atoms with Gasteiger partial charge in [-0.15, -0.1) is 0 Å². The molecule has 2 unspecified atom stereocenters. The minimum Gasteiger partial charge on any atom is -0.481 e. The number of hydrogen-bond acceptors (Lipinski definition) is 6. The number of aliphatic hydroxyl groups excluding tert-OH is 1. The third kappa shape index (κ3) is 3.11. The summed E-state index contributed by atoms with van der Waals surface area (Å²) in [5.74, 6) is 0.621. The summed E-state index contributed by atoms with van der Waals surface area (Å²) >= 11 is 0. The van der Waals surface area contributed by atoms with Gasteiger partial charge in [0.2, 0.25) is 11.7 Å². The second-order valence-corrected chi connectivity index (χ2v) is 4.62. The lowest BCUT2D eigenvalue weighted by Crippen LogP contribution is -2.22. The number of nitrogens with zero attached hydrogens (tertiary/aromatic N) is 2.